The van der Waals surface area contributed by atoms with Gasteiger partial charge in [0.25, 0.3) is 0 Å². The SMILES string of the molecule is Nc1c(-c2ccccc2S(N)(=O)=O)cccc1S(N)(=O)=O. The Bertz CT molecular complexity index is 906. The molecule has 2 rings (SSSR count). The summed E-state index contributed by atoms with van der Waals surface area (Å²) < 4.78 is 46.2. The van der Waals surface area contributed by atoms with Gasteiger partial charge in [0.1, 0.15) is 4.90 Å². The van der Waals surface area contributed by atoms with Gasteiger partial charge in [0.2, 0.25) is 20.0 Å². The van der Waals surface area contributed by atoms with Crippen molar-refractivity contribution in [1.82, 2.24) is 0 Å². The summed E-state index contributed by atoms with van der Waals surface area (Å²) in [4.78, 5) is -0.424. The van der Waals surface area contributed by atoms with Crippen LogP contribution >= 0.6 is 0 Å². The minimum absolute atomic E-state index is 0.129. The largest absolute Gasteiger partial charge is 0.397 e. The molecule has 0 saturated carbocycles. The zero-order valence-electron chi connectivity index (χ0n) is 10.7. The van der Waals surface area contributed by atoms with E-state index < -0.39 is 20.0 Å². The van der Waals surface area contributed by atoms with Crippen LogP contribution in [0.2, 0.25) is 0 Å². The van der Waals surface area contributed by atoms with Crippen LogP contribution in [0, 0.1) is 0 Å². The molecule has 112 valence electrons. The third-order valence-corrected chi connectivity index (χ3v) is 4.79. The van der Waals surface area contributed by atoms with Gasteiger partial charge in [-0.3, -0.25) is 0 Å². The fourth-order valence-corrected chi connectivity index (χ4v) is 3.40. The van der Waals surface area contributed by atoms with E-state index in [1.54, 1.807) is 6.07 Å². The van der Waals surface area contributed by atoms with E-state index in [-0.39, 0.29) is 26.6 Å². The van der Waals surface area contributed by atoms with Gasteiger partial charge in [-0.2, -0.15) is 0 Å². The van der Waals surface area contributed by atoms with Crippen molar-refractivity contribution < 1.29 is 16.8 Å². The van der Waals surface area contributed by atoms with Gasteiger partial charge in [0.05, 0.1) is 10.6 Å². The van der Waals surface area contributed by atoms with E-state index in [0.717, 1.165) is 0 Å². The number of primary sulfonamides is 2. The highest BCUT2D eigenvalue weighted by atomic mass is 32.2. The highest BCUT2D eigenvalue weighted by Crippen LogP contribution is 2.34. The Morgan fingerprint density at radius 2 is 1.14 bits per heavy atom. The minimum Gasteiger partial charge on any atom is -0.397 e. The van der Waals surface area contributed by atoms with Crippen molar-refractivity contribution in [3.8, 4) is 11.1 Å². The molecule has 9 heteroatoms. The number of anilines is 1. The molecule has 0 aliphatic carbocycles. The molecule has 0 radical (unpaired) electrons. The number of sulfonamides is 2. The van der Waals surface area contributed by atoms with Crippen molar-refractivity contribution in [3.63, 3.8) is 0 Å². The van der Waals surface area contributed by atoms with E-state index in [9.17, 15) is 16.8 Å². The van der Waals surface area contributed by atoms with Gasteiger partial charge in [0.15, 0.2) is 0 Å². The van der Waals surface area contributed by atoms with Crippen molar-refractivity contribution in [2.75, 3.05) is 5.73 Å². The zero-order valence-corrected chi connectivity index (χ0v) is 12.4. The van der Waals surface area contributed by atoms with Gasteiger partial charge in [-0.25, -0.2) is 27.1 Å². The van der Waals surface area contributed by atoms with Crippen molar-refractivity contribution in [3.05, 3.63) is 42.5 Å². The first kappa shape index (κ1) is 15.4. The molecule has 0 spiro atoms. The number of hydrogen-bond donors (Lipinski definition) is 3. The highest BCUT2D eigenvalue weighted by Gasteiger charge is 2.20. The first-order chi connectivity index (χ1) is 9.62. The van der Waals surface area contributed by atoms with Crippen molar-refractivity contribution >= 4 is 25.7 Å². The molecule has 7 nitrogen and oxygen atoms in total. The first-order valence-corrected chi connectivity index (χ1v) is 8.75. The second-order valence-corrected chi connectivity index (χ2v) is 7.36. The fourth-order valence-electron chi connectivity index (χ4n) is 1.96. The van der Waals surface area contributed by atoms with Crippen LogP contribution in [0.1, 0.15) is 0 Å². The van der Waals surface area contributed by atoms with Gasteiger partial charge in [0, 0.05) is 11.1 Å². The Hall–Kier alpha value is -1.94. The highest BCUT2D eigenvalue weighted by molar-refractivity contribution is 7.89. The standard InChI is InChI=1S/C12H13N3O4S2/c13-12-9(5-3-7-11(12)21(15,18)19)8-4-1-2-6-10(8)20(14,16)17/h1-7H,13H2,(H2,14,16,17)(H2,15,18,19). The van der Waals surface area contributed by atoms with E-state index in [2.05, 4.69) is 0 Å². The van der Waals surface area contributed by atoms with Crippen molar-refractivity contribution in [1.29, 1.82) is 0 Å². The number of benzene rings is 2. The number of nitrogen functional groups attached to an aromatic ring is 1. The number of nitrogens with two attached hydrogens (primary N) is 3. The summed E-state index contributed by atoms with van der Waals surface area (Å²) in [6.07, 6.45) is 0. The summed E-state index contributed by atoms with van der Waals surface area (Å²) in [6, 6.07) is 10.1. The lowest BCUT2D eigenvalue weighted by Crippen LogP contribution is -2.16. The Morgan fingerprint density at radius 1 is 0.667 bits per heavy atom. The van der Waals surface area contributed by atoms with Crippen LogP contribution in [-0.2, 0) is 20.0 Å². The zero-order chi connectivity index (χ0) is 15.8. The minimum atomic E-state index is -4.02. The average molecular weight is 327 g/mol. The number of rotatable bonds is 3. The molecule has 21 heavy (non-hydrogen) atoms. The molecule has 6 N–H and O–H groups in total. The van der Waals surface area contributed by atoms with Crippen LogP contribution in [0.25, 0.3) is 11.1 Å². The van der Waals surface area contributed by atoms with Gasteiger partial charge < -0.3 is 5.73 Å². The fraction of sp³-hybridized carbons (Fsp3) is 0. The molecule has 0 unspecified atom stereocenters. The topological polar surface area (TPSA) is 146 Å². The lowest BCUT2D eigenvalue weighted by atomic mass is 10.0. The predicted molar refractivity (Wildman–Crippen MR) is 79.0 cm³/mol. The Labute approximate surface area is 122 Å². The Balaban J connectivity index is 2.82. The molecule has 0 aromatic heterocycles. The monoisotopic (exact) mass is 327 g/mol. The second-order valence-electron chi connectivity index (χ2n) is 4.30. The Morgan fingerprint density at radius 3 is 1.71 bits per heavy atom. The summed E-state index contributed by atoms with van der Waals surface area (Å²) in [5.74, 6) is 0. The lowest BCUT2D eigenvalue weighted by molar-refractivity contribution is 0.596. The molecule has 0 aliphatic heterocycles. The van der Waals surface area contributed by atoms with Crippen molar-refractivity contribution in [2.45, 2.75) is 9.79 Å². The summed E-state index contributed by atoms with van der Waals surface area (Å²) in [5, 5.41) is 10.2. The summed E-state index contributed by atoms with van der Waals surface area (Å²) in [7, 11) is -8.00. The summed E-state index contributed by atoms with van der Waals surface area (Å²) in [6.45, 7) is 0. The molecule has 2 aromatic rings. The van der Waals surface area contributed by atoms with Crippen molar-refractivity contribution in [2.24, 2.45) is 10.3 Å². The maximum Gasteiger partial charge on any atom is 0.240 e. The molecule has 2 aromatic carbocycles. The first-order valence-electron chi connectivity index (χ1n) is 5.66. The van der Waals surface area contributed by atoms with Crippen LogP contribution < -0.4 is 16.0 Å². The summed E-state index contributed by atoms with van der Waals surface area (Å²) >= 11 is 0. The molecule has 0 amide bonds. The maximum absolute atomic E-state index is 11.6. The number of hydrogen-bond acceptors (Lipinski definition) is 5. The Kier molecular flexibility index (Phi) is 3.76. The van der Waals surface area contributed by atoms with E-state index in [0.29, 0.717) is 0 Å². The molecule has 0 fully saturated rings. The molecule has 0 atom stereocenters. The maximum atomic E-state index is 11.6. The number of para-hydroxylation sites is 1. The van der Waals surface area contributed by atoms with E-state index in [4.69, 9.17) is 16.0 Å². The lowest BCUT2D eigenvalue weighted by Gasteiger charge is -2.12. The van der Waals surface area contributed by atoms with Crippen LogP contribution in [0.5, 0.6) is 0 Å². The predicted octanol–water partition coefficient (Wildman–Crippen LogP) is 0.231. The van der Waals surface area contributed by atoms with Gasteiger partial charge in [-0.05, 0) is 12.1 Å². The smallest absolute Gasteiger partial charge is 0.240 e. The second kappa shape index (κ2) is 5.11. The molecule has 0 aliphatic rings. The quantitative estimate of drug-likeness (QED) is 0.690. The van der Waals surface area contributed by atoms with Crippen LogP contribution in [0.3, 0.4) is 0 Å². The van der Waals surface area contributed by atoms with Crippen LogP contribution in [0.15, 0.2) is 52.3 Å². The van der Waals surface area contributed by atoms with Gasteiger partial charge in [-0.15, -0.1) is 0 Å². The molecule has 0 heterocycles. The van der Waals surface area contributed by atoms with E-state index >= 15 is 0 Å². The molecule has 0 bridgehead atoms. The third kappa shape index (κ3) is 3.05. The van der Waals surface area contributed by atoms with Crippen LogP contribution in [-0.4, -0.2) is 16.8 Å². The molecular weight excluding hydrogens is 314 g/mol. The third-order valence-electron chi connectivity index (χ3n) is 2.86. The van der Waals surface area contributed by atoms with Gasteiger partial charge in [-0.1, -0.05) is 30.3 Å². The molecular formula is C12H13N3O4S2. The van der Waals surface area contributed by atoms with E-state index in [1.807, 2.05) is 0 Å². The average Bonchev–Trinajstić information content (AvgIpc) is 2.36. The van der Waals surface area contributed by atoms with E-state index in [1.165, 1.54) is 36.4 Å². The molecule has 0 saturated heterocycles. The van der Waals surface area contributed by atoms with Crippen LogP contribution in [0.4, 0.5) is 5.69 Å². The van der Waals surface area contributed by atoms with Gasteiger partial charge >= 0.3 is 0 Å². The summed E-state index contributed by atoms with van der Waals surface area (Å²) in [5.41, 5.74) is 6.13. The normalized spacial score (nSPS) is 12.3.